The fourth-order valence-corrected chi connectivity index (χ4v) is 4.26. The van der Waals surface area contributed by atoms with Crippen LogP contribution >= 0.6 is 35.1 Å². The van der Waals surface area contributed by atoms with Crippen molar-refractivity contribution in [2.45, 2.75) is 24.2 Å². The van der Waals surface area contributed by atoms with E-state index in [9.17, 15) is 19.2 Å². The molecule has 10 nitrogen and oxygen atoms in total. The van der Waals surface area contributed by atoms with Crippen molar-refractivity contribution in [3.63, 3.8) is 0 Å². The summed E-state index contributed by atoms with van der Waals surface area (Å²) in [7, 11) is 0. The fraction of sp³-hybridized carbons (Fsp3) is 0.200. The first-order valence-electron chi connectivity index (χ1n) is 9.49. The van der Waals surface area contributed by atoms with E-state index in [1.165, 1.54) is 18.2 Å². The molecular formula is C20H19ClN6O4S2. The van der Waals surface area contributed by atoms with E-state index >= 15 is 0 Å². The quantitative estimate of drug-likeness (QED) is 0.269. The molecule has 1 aromatic carbocycles. The molecule has 0 aliphatic carbocycles. The topological polar surface area (TPSA) is 150 Å². The molecule has 0 spiro atoms. The Kier molecular flexibility index (Phi) is 8.31. The number of nitrogens with zero attached hydrogens (tertiary/aromatic N) is 2. The second-order valence-corrected chi connectivity index (χ2v) is 9.09. The number of amides is 2. The van der Waals surface area contributed by atoms with Crippen molar-refractivity contribution in [1.29, 1.82) is 0 Å². The van der Waals surface area contributed by atoms with Gasteiger partial charge in [-0.15, -0.1) is 0 Å². The summed E-state index contributed by atoms with van der Waals surface area (Å²) in [6.45, 7) is 3.39. The van der Waals surface area contributed by atoms with Crippen LogP contribution in [0.3, 0.4) is 0 Å². The maximum Gasteiger partial charge on any atom is 0.251 e. The number of carbonyl (C=O) groups excluding carboxylic acids is 2. The smallest absolute Gasteiger partial charge is 0.251 e. The van der Waals surface area contributed by atoms with Gasteiger partial charge in [-0.3, -0.25) is 19.2 Å². The summed E-state index contributed by atoms with van der Waals surface area (Å²) < 4.78 is 0. The third kappa shape index (κ3) is 7.77. The Labute approximate surface area is 201 Å². The predicted octanol–water partition coefficient (Wildman–Crippen LogP) is 2.59. The largest absolute Gasteiger partial charge is 0.325 e. The summed E-state index contributed by atoms with van der Waals surface area (Å²) in [4.78, 5) is 60.8. The Balaban J connectivity index is 1.52. The molecule has 0 fully saturated rings. The molecule has 0 unspecified atom stereocenters. The van der Waals surface area contributed by atoms with Crippen LogP contribution in [0, 0.1) is 13.8 Å². The average Bonchev–Trinajstić information content (AvgIpc) is 2.71. The van der Waals surface area contributed by atoms with Crippen LogP contribution in [-0.2, 0) is 9.59 Å². The molecule has 2 amide bonds. The third-order valence-electron chi connectivity index (χ3n) is 3.90. The van der Waals surface area contributed by atoms with E-state index in [2.05, 4.69) is 30.6 Å². The van der Waals surface area contributed by atoms with Gasteiger partial charge in [-0.05, 0) is 32.0 Å². The first kappa shape index (κ1) is 24.6. The number of aromatic nitrogens is 4. The number of aryl methyl sites for hydroxylation is 2. The summed E-state index contributed by atoms with van der Waals surface area (Å²) in [6, 6.07) is 7.41. The number of nitrogens with one attached hydrogen (secondary N) is 4. The van der Waals surface area contributed by atoms with E-state index in [1.807, 2.05) is 0 Å². The van der Waals surface area contributed by atoms with Crippen molar-refractivity contribution < 1.29 is 9.59 Å². The van der Waals surface area contributed by atoms with Crippen molar-refractivity contribution in [3.8, 4) is 0 Å². The summed E-state index contributed by atoms with van der Waals surface area (Å²) in [6.07, 6.45) is 0. The van der Waals surface area contributed by atoms with Crippen LogP contribution in [0.4, 0.5) is 11.4 Å². The van der Waals surface area contributed by atoms with E-state index in [0.717, 1.165) is 23.5 Å². The highest BCUT2D eigenvalue weighted by atomic mass is 35.5. The number of thioether (sulfide) groups is 2. The summed E-state index contributed by atoms with van der Waals surface area (Å²) in [5, 5.41) is 6.32. The molecule has 0 saturated heterocycles. The number of rotatable bonds is 8. The average molecular weight is 507 g/mol. The molecule has 3 rings (SSSR count). The Bertz CT molecular complexity index is 1310. The second-order valence-electron chi connectivity index (χ2n) is 6.75. The number of anilines is 2. The predicted molar refractivity (Wildman–Crippen MR) is 129 cm³/mol. The Hall–Kier alpha value is -3.09. The molecule has 13 heteroatoms. The molecule has 0 saturated carbocycles. The van der Waals surface area contributed by atoms with E-state index in [-0.39, 0.29) is 39.5 Å². The standard InChI is InChI=1S/C20H19ClN6O4S2/c1-10-5-15(28)26-19(22-10)32-8-17(30)24-12-3-4-14(13(21)7-12)25-18(31)9-33-20-23-11(2)6-16(29)27-20/h3-7H,8-9H2,1-2H3,(H,24,30)(H,25,31)(H,22,26,28)(H,23,27,29). The van der Waals surface area contributed by atoms with Crippen LogP contribution in [0.1, 0.15) is 11.4 Å². The van der Waals surface area contributed by atoms with Gasteiger partial charge in [0.25, 0.3) is 11.1 Å². The first-order chi connectivity index (χ1) is 15.7. The van der Waals surface area contributed by atoms with Gasteiger partial charge in [0.1, 0.15) is 0 Å². The molecule has 0 atom stereocenters. The zero-order valence-electron chi connectivity index (χ0n) is 17.5. The van der Waals surface area contributed by atoms with Crippen LogP contribution < -0.4 is 21.8 Å². The number of aromatic amines is 2. The van der Waals surface area contributed by atoms with Crippen LogP contribution in [0.15, 0.2) is 50.2 Å². The highest BCUT2D eigenvalue weighted by molar-refractivity contribution is 8.00. The van der Waals surface area contributed by atoms with Crippen molar-refractivity contribution in [3.05, 3.63) is 67.4 Å². The molecule has 0 bridgehead atoms. The molecule has 2 aromatic heterocycles. The molecule has 0 aliphatic rings. The molecule has 3 aromatic rings. The van der Waals surface area contributed by atoms with Crippen LogP contribution in [0.5, 0.6) is 0 Å². The number of carbonyl (C=O) groups is 2. The number of H-pyrrole nitrogens is 2. The van der Waals surface area contributed by atoms with E-state index in [4.69, 9.17) is 11.6 Å². The molecule has 2 heterocycles. The van der Waals surface area contributed by atoms with Gasteiger partial charge in [-0.25, -0.2) is 9.97 Å². The van der Waals surface area contributed by atoms with Gasteiger partial charge < -0.3 is 20.6 Å². The molecule has 172 valence electrons. The van der Waals surface area contributed by atoms with Gasteiger partial charge in [-0.2, -0.15) is 0 Å². The maximum absolute atomic E-state index is 12.2. The summed E-state index contributed by atoms with van der Waals surface area (Å²) >= 11 is 8.43. The maximum atomic E-state index is 12.2. The van der Waals surface area contributed by atoms with Gasteiger partial charge in [0.2, 0.25) is 11.8 Å². The monoisotopic (exact) mass is 506 g/mol. The lowest BCUT2D eigenvalue weighted by molar-refractivity contribution is -0.114. The Morgan fingerprint density at radius 1 is 0.879 bits per heavy atom. The minimum Gasteiger partial charge on any atom is -0.325 e. The summed E-state index contributed by atoms with van der Waals surface area (Å²) in [5.74, 6) is -0.588. The normalized spacial score (nSPS) is 10.6. The third-order valence-corrected chi connectivity index (χ3v) is 5.96. The number of hydrogen-bond donors (Lipinski definition) is 4. The van der Waals surface area contributed by atoms with Crippen molar-refractivity contribution in [2.24, 2.45) is 0 Å². The zero-order chi connectivity index (χ0) is 24.0. The highest BCUT2D eigenvalue weighted by Crippen LogP contribution is 2.26. The lowest BCUT2D eigenvalue weighted by Crippen LogP contribution is -2.17. The SMILES string of the molecule is Cc1cc(=O)[nH]c(SCC(=O)Nc2ccc(NC(=O)CSc3nc(C)cc(=O)[nH]3)c(Cl)c2)n1. The van der Waals surface area contributed by atoms with Crippen molar-refractivity contribution >= 4 is 58.3 Å². The van der Waals surface area contributed by atoms with Crippen LogP contribution in [-0.4, -0.2) is 43.3 Å². The first-order valence-corrected chi connectivity index (χ1v) is 11.8. The molecular weight excluding hydrogens is 488 g/mol. The van der Waals surface area contributed by atoms with Gasteiger partial charge in [-0.1, -0.05) is 35.1 Å². The molecule has 33 heavy (non-hydrogen) atoms. The van der Waals surface area contributed by atoms with Crippen molar-refractivity contribution in [1.82, 2.24) is 19.9 Å². The highest BCUT2D eigenvalue weighted by Gasteiger charge is 2.11. The lowest BCUT2D eigenvalue weighted by atomic mass is 10.2. The van der Waals surface area contributed by atoms with Gasteiger partial charge in [0, 0.05) is 29.2 Å². The second kappa shape index (κ2) is 11.2. The summed E-state index contributed by atoms with van der Waals surface area (Å²) in [5.41, 5.74) is 1.38. The van der Waals surface area contributed by atoms with Crippen molar-refractivity contribution in [2.75, 3.05) is 22.1 Å². The molecule has 0 radical (unpaired) electrons. The van der Waals surface area contributed by atoms with E-state index < -0.39 is 0 Å². The van der Waals surface area contributed by atoms with Gasteiger partial charge in [0.05, 0.1) is 22.2 Å². The number of halogens is 1. The fourth-order valence-electron chi connectivity index (χ4n) is 2.59. The Morgan fingerprint density at radius 2 is 1.39 bits per heavy atom. The minimum atomic E-state index is -0.334. The van der Waals surface area contributed by atoms with Gasteiger partial charge >= 0.3 is 0 Å². The van der Waals surface area contributed by atoms with E-state index in [0.29, 0.717) is 33.1 Å². The Morgan fingerprint density at radius 3 is 1.88 bits per heavy atom. The van der Waals surface area contributed by atoms with Gasteiger partial charge in [0.15, 0.2) is 10.3 Å². The van der Waals surface area contributed by atoms with E-state index in [1.54, 1.807) is 26.0 Å². The minimum absolute atomic E-state index is 0.0213. The number of hydrogen-bond acceptors (Lipinski definition) is 8. The molecule has 4 N–H and O–H groups in total. The lowest BCUT2D eigenvalue weighted by Gasteiger charge is -2.10. The zero-order valence-corrected chi connectivity index (χ0v) is 19.9. The molecule has 0 aliphatic heterocycles. The number of benzene rings is 1. The van der Waals surface area contributed by atoms with Crippen LogP contribution in [0.25, 0.3) is 0 Å². The van der Waals surface area contributed by atoms with Crippen LogP contribution in [0.2, 0.25) is 5.02 Å².